The van der Waals surface area contributed by atoms with E-state index in [9.17, 15) is 19.8 Å². The lowest BCUT2D eigenvalue weighted by atomic mass is 9.89. The van der Waals surface area contributed by atoms with E-state index in [-0.39, 0.29) is 17.2 Å². The van der Waals surface area contributed by atoms with Crippen LogP contribution in [0.4, 0.5) is 11.4 Å². The van der Waals surface area contributed by atoms with Gasteiger partial charge < -0.3 is 10.2 Å². The number of phenolic OH excluding ortho intramolecular Hbond substituents is 1. The van der Waals surface area contributed by atoms with Crippen LogP contribution in [0.2, 0.25) is 0 Å². The van der Waals surface area contributed by atoms with Crippen molar-refractivity contribution in [1.82, 2.24) is 0 Å². The number of allylic oxidation sites excluding steroid dienone is 2. The molecule has 1 amide bonds. The van der Waals surface area contributed by atoms with Crippen LogP contribution in [0.25, 0.3) is 0 Å². The minimum Gasteiger partial charge on any atom is -0.507 e. The Morgan fingerprint density at radius 2 is 1.89 bits per heavy atom. The van der Waals surface area contributed by atoms with E-state index >= 15 is 0 Å². The molecule has 2 aromatic carbocycles. The number of rotatable bonds is 6. The number of hydrogen-bond acceptors (Lipinski definition) is 3. The molecule has 1 heterocycles. The number of aryl methyl sites for hydroxylation is 1. The lowest BCUT2D eigenvalue weighted by Gasteiger charge is -2.32. The largest absolute Gasteiger partial charge is 0.507 e. The first kappa shape index (κ1) is 19.4. The summed E-state index contributed by atoms with van der Waals surface area (Å²) < 4.78 is 0. The third-order valence-corrected chi connectivity index (χ3v) is 5.06. The first-order valence-corrected chi connectivity index (χ1v) is 9.14. The Labute approximate surface area is 164 Å². The number of fused-ring (bicyclic) bond motifs is 1. The molecule has 28 heavy (non-hydrogen) atoms. The number of phenols is 1. The molecule has 2 aromatic rings. The van der Waals surface area contributed by atoms with E-state index in [2.05, 4.69) is 13.2 Å². The molecule has 0 saturated carbocycles. The van der Waals surface area contributed by atoms with Gasteiger partial charge in [-0.05, 0) is 61.6 Å². The van der Waals surface area contributed by atoms with E-state index in [0.717, 1.165) is 16.8 Å². The topological polar surface area (TPSA) is 77.8 Å². The number of carbonyl (C=O) groups is 2. The van der Waals surface area contributed by atoms with Crippen LogP contribution in [0, 0.1) is 6.92 Å². The number of anilines is 2. The van der Waals surface area contributed by atoms with E-state index in [1.54, 1.807) is 36.1 Å². The molecule has 0 saturated heterocycles. The molecular weight excluding hydrogens is 354 g/mol. The Hall–Kier alpha value is -3.34. The molecule has 0 unspecified atom stereocenters. The molecule has 0 aliphatic carbocycles. The van der Waals surface area contributed by atoms with Crippen molar-refractivity contribution in [3.63, 3.8) is 0 Å². The van der Waals surface area contributed by atoms with Gasteiger partial charge in [0.1, 0.15) is 5.75 Å². The zero-order valence-electron chi connectivity index (χ0n) is 15.9. The maximum absolute atomic E-state index is 12.8. The third kappa shape index (κ3) is 3.31. The highest BCUT2D eigenvalue weighted by Crippen LogP contribution is 2.42. The fourth-order valence-electron chi connectivity index (χ4n) is 3.75. The summed E-state index contributed by atoms with van der Waals surface area (Å²) in [6.45, 7) is 9.25. The van der Waals surface area contributed by atoms with Gasteiger partial charge in [-0.1, -0.05) is 12.2 Å². The van der Waals surface area contributed by atoms with E-state index in [1.807, 2.05) is 6.07 Å². The second-order valence-corrected chi connectivity index (χ2v) is 6.88. The monoisotopic (exact) mass is 377 g/mol. The molecule has 3 rings (SSSR count). The Bertz CT molecular complexity index is 991. The molecule has 0 radical (unpaired) electrons. The maximum Gasteiger partial charge on any atom is 0.335 e. The zero-order valence-corrected chi connectivity index (χ0v) is 15.9. The van der Waals surface area contributed by atoms with Crippen molar-refractivity contribution in [2.75, 3.05) is 4.90 Å². The maximum atomic E-state index is 12.8. The molecule has 0 spiro atoms. The number of carbonyl (C=O) groups excluding carboxylic acids is 1. The first-order chi connectivity index (χ1) is 13.4. The fourth-order valence-corrected chi connectivity index (χ4v) is 3.75. The van der Waals surface area contributed by atoms with Crippen LogP contribution in [0.1, 0.15) is 39.0 Å². The van der Waals surface area contributed by atoms with Crippen LogP contribution in [0.5, 0.6) is 5.75 Å². The van der Waals surface area contributed by atoms with E-state index in [0.29, 0.717) is 42.5 Å². The number of nitrogens with zero attached hydrogens (tertiary/aromatic N) is 1. The van der Waals surface area contributed by atoms with Gasteiger partial charge in [-0.15, -0.1) is 13.2 Å². The molecule has 0 bridgehead atoms. The molecule has 2 N–H and O–H groups in total. The Morgan fingerprint density at radius 3 is 2.50 bits per heavy atom. The smallest absolute Gasteiger partial charge is 0.335 e. The molecular formula is C23H23NO4. The van der Waals surface area contributed by atoms with Gasteiger partial charge in [0, 0.05) is 23.2 Å². The quantitative estimate of drug-likeness (QED) is 0.728. The summed E-state index contributed by atoms with van der Waals surface area (Å²) >= 11 is 0. The normalized spacial score (nSPS) is 13.2. The van der Waals surface area contributed by atoms with Gasteiger partial charge in [0.15, 0.2) is 0 Å². The molecule has 0 aromatic heterocycles. The zero-order chi connectivity index (χ0) is 20.4. The first-order valence-electron chi connectivity index (χ1n) is 9.14. The summed E-state index contributed by atoms with van der Waals surface area (Å²) in [4.78, 5) is 25.8. The van der Waals surface area contributed by atoms with Crippen molar-refractivity contribution in [3.8, 4) is 5.75 Å². The average molecular weight is 377 g/mol. The predicted molar refractivity (Wildman–Crippen MR) is 110 cm³/mol. The molecule has 5 heteroatoms. The summed E-state index contributed by atoms with van der Waals surface area (Å²) in [5.74, 6) is -0.832. The minimum absolute atomic E-state index is 0.0604. The summed E-state index contributed by atoms with van der Waals surface area (Å²) in [5.41, 5.74) is 4.54. The van der Waals surface area contributed by atoms with Crippen molar-refractivity contribution < 1.29 is 19.8 Å². The second-order valence-electron chi connectivity index (χ2n) is 6.88. The van der Waals surface area contributed by atoms with Crippen molar-refractivity contribution in [1.29, 1.82) is 0 Å². The van der Waals surface area contributed by atoms with Crippen LogP contribution in [-0.4, -0.2) is 22.1 Å². The van der Waals surface area contributed by atoms with Crippen LogP contribution < -0.4 is 4.90 Å². The summed E-state index contributed by atoms with van der Waals surface area (Å²) in [7, 11) is 0. The predicted octanol–water partition coefficient (Wildman–Crippen LogP) is 4.47. The van der Waals surface area contributed by atoms with Crippen molar-refractivity contribution in [2.24, 2.45) is 0 Å². The van der Waals surface area contributed by atoms with Gasteiger partial charge in [0.25, 0.3) is 0 Å². The summed E-state index contributed by atoms with van der Waals surface area (Å²) in [6.07, 6.45) is 5.28. The number of hydrogen-bond donors (Lipinski definition) is 2. The lowest BCUT2D eigenvalue weighted by molar-refractivity contribution is -0.118. The fraction of sp³-hybridized carbons (Fsp3) is 0.217. The van der Waals surface area contributed by atoms with Crippen molar-refractivity contribution >= 4 is 23.3 Å². The van der Waals surface area contributed by atoms with Crippen molar-refractivity contribution in [2.45, 2.75) is 32.6 Å². The molecule has 5 nitrogen and oxygen atoms in total. The lowest BCUT2D eigenvalue weighted by Crippen LogP contribution is -2.31. The number of aromatic carboxylic acids is 1. The van der Waals surface area contributed by atoms with Crippen LogP contribution in [0.3, 0.4) is 0 Å². The van der Waals surface area contributed by atoms with Gasteiger partial charge in [-0.3, -0.25) is 9.69 Å². The Balaban J connectivity index is 2.22. The second kappa shape index (κ2) is 7.72. The molecule has 144 valence electrons. The molecule has 0 fully saturated rings. The highest BCUT2D eigenvalue weighted by atomic mass is 16.4. The van der Waals surface area contributed by atoms with Gasteiger partial charge in [-0.2, -0.15) is 0 Å². The molecule has 1 aliphatic heterocycles. The van der Waals surface area contributed by atoms with Crippen LogP contribution in [0.15, 0.2) is 49.6 Å². The number of amides is 1. The number of carboxylic acids is 1. The van der Waals surface area contributed by atoms with E-state index in [1.165, 1.54) is 6.07 Å². The average Bonchev–Trinajstić information content (AvgIpc) is 2.65. The SMILES string of the molecule is C=CCc1cc2c(c(CC=C)c1O)CCC(=O)N2c1ccc(C(=O)O)c(C)c1. The standard InChI is InChI=1S/C23H23NO4/c1-4-6-15-13-20-18(19(7-5-2)22(15)26)10-11-21(25)24(20)16-8-9-17(23(27)28)14(3)12-16/h4-5,8-9,12-13,26H,1-2,6-7,10-11H2,3H3,(H,27,28). The van der Waals surface area contributed by atoms with E-state index < -0.39 is 5.97 Å². The molecule has 0 atom stereocenters. The highest BCUT2D eigenvalue weighted by Gasteiger charge is 2.30. The minimum atomic E-state index is -0.999. The van der Waals surface area contributed by atoms with Gasteiger partial charge in [0.05, 0.1) is 11.3 Å². The van der Waals surface area contributed by atoms with Crippen molar-refractivity contribution in [3.05, 3.63) is 77.4 Å². The number of benzene rings is 2. The van der Waals surface area contributed by atoms with Gasteiger partial charge in [0.2, 0.25) is 5.91 Å². The number of aromatic hydroxyl groups is 1. The highest BCUT2D eigenvalue weighted by molar-refractivity contribution is 6.04. The van der Waals surface area contributed by atoms with E-state index in [4.69, 9.17) is 0 Å². The third-order valence-electron chi connectivity index (χ3n) is 5.06. The number of carboxylic acid groups (broad SMARTS) is 1. The molecule has 1 aliphatic rings. The Kier molecular flexibility index (Phi) is 5.36. The summed E-state index contributed by atoms with van der Waals surface area (Å²) in [6, 6.07) is 6.71. The Morgan fingerprint density at radius 1 is 1.18 bits per heavy atom. The van der Waals surface area contributed by atoms with Crippen LogP contribution >= 0.6 is 0 Å². The summed E-state index contributed by atoms with van der Waals surface area (Å²) in [5, 5.41) is 20.0. The van der Waals surface area contributed by atoms with Gasteiger partial charge in [-0.25, -0.2) is 4.79 Å². The van der Waals surface area contributed by atoms with Crippen LogP contribution in [-0.2, 0) is 24.1 Å². The van der Waals surface area contributed by atoms with Gasteiger partial charge >= 0.3 is 5.97 Å².